The molecule has 3 aromatic rings. The first-order chi connectivity index (χ1) is 19.4. The highest BCUT2D eigenvalue weighted by Crippen LogP contribution is 2.41. The second-order valence-corrected chi connectivity index (χ2v) is 11.0. The van der Waals surface area contributed by atoms with Crippen molar-refractivity contribution >= 4 is 29.4 Å². The number of imidazole rings is 1. The molecular weight excluding hydrogens is 568 g/mol. The van der Waals surface area contributed by atoms with Crippen LogP contribution in [0.1, 0.15) is 55.5 Å². The molecule has 2 aromatic heterocycles. The molecule has 3 heterocycles. The zero-order valence-electron chi connectivity index (χ0n) is 22.1. The number of carbonyl (C=O) groups excluding carboxylic acids is 2. The first kappa shape index (κ1) is 28.9. The molecule has 2 aliphatic rings. The second-order valence-electron chi connectivity index (χ2n) is 10.6. The van der Waals surface area contributed by atoms with Gasteiger partial charge in [0.25, 0.3) is 5.92 Å². The molecule has 0 spiro atoms. The van der Waals surface area contributed by atoms with E-state index in [0.29, 0.717) is 16.9 Å². The van der Waals surface area contributed by atoms with Gasteiger partial charge < -0.3 is 20.3 Å². The largest absolute Gasteiger partial charge is 0.445 e. The monoisotopic (exact) mass is 596 g/mol. The van der Waals surface area contributed by atoms with Crippen molar-refractivity contribution in [3.05, 3.63) is 64.6 Å². The van der Waals surface area contributed by atoms with Gasteiger partial charge in [0.15, 0.2) is 10.8 Å². The standard InChI is InChI=1S/C27H29ClF4N6O3/c1-26(29,30)20-14-37(24(39)34-20)12-18-11-21-33-19(13-38(21)36-23(18)28)22(17-7-9-27(31,32)10-8-17)35-25(40)41-15-16-5-3-2-4-6-16/h2-6,11,13,17,20,22H,7-10,12,14-15H2,1H3,(H,34,39)(H,35,40)/t20-,22?/m0/s1. The zero-order chi connectivity index (χ0) is 29.4. The highest BCUT2D eigenvalue weighted by Gasteiger charge is 2.43. The molecule has 1 aliphatic carbocycles. The number of halogens is 5. The van der Waals surface area contributed by atoms with Gasteiger partial charge in [-0.1, -0.05) is 41.9 Å². The summed E-state index contributed by atoms with van der Waals surface area (Å²) in [6.45, 7) is 0.479. The number of benzene rings is 1. The lowest BCUT2D eigenvalue weighted by Crippen LogP contribution is -2.41. The Bertz CT molecular complexity index is 1410. The van der Waals surface area contributed by atoms with Crippen molar-refractivity contribution in [1.82, 2.24) is 30.1 Å². The number of aromatic nitrogens is 3. The van der Waals surface area contributed by atoms with Gasteiger partial charge in [-0.3, -0.25) is 0 Å². The van der Waals surface area contributed by atoms with E-state index in [0.717, 1.165) is 12.5 Å². The Morgan fingerprint density at radius 3 is 2.63 bits per heavy atom. The number of hydrogen-bond donors (Lipinski definition) is 2. The summed E-state index contributed by atoms with van der Waals surface area (Å²) < 4.78 is 62.1. The van der Waals surface area contributed by atoms with Crippen molar-refractivity contribution in [3.8, 4) is 0 Å². The van der Waals surface area contributed by atoms with Crippen LogP contribution in [0.15, 0.2) is 42.6 Å². The summed E-state index contributed by atoms with van der Waals surface area (Å²) >= 11 is 6.37. The van der Waals surface area contributed by atoms with Gasteiger partial charge in [0.2, 0.25) is 5.92 Å². The third-order valence-electron chi connectivity index (χ3n) is 7.50. The Labute approximate surface area is 238 Å². The molecule has 41 heavy (non-hydrogen) atoms. The maximum absolute atomic E-state index is 13.9. The van der Waals surface area contributed by atoms with Crippen LogP contribution in [0, 0.1) is 5.92 Å². The van der Waals surface area contributed by atoms with Crippen molar-refractivity contribution in [1.29, 1.82) is 0 Å². The molecule has 5 rings (SSSR count). The fourth-order valence-electron chi connectivity index (χ4n) is 5.16. The number of hydrogen-bond acceptors (Lipinski definition) is 5. The lowest BCUT2D eigenvalue weighted by atomic mass is 9.81. The van der Waals surface area contributed by atoms with Crippen LogP contribution in [0.3, 0.4) is 0 Å². The van der Waals surface area contributed by atoms with Gasteiger partial charge in [-0.25, -0.2) is 36.7 Å². The fraction of sp³-hybridized carbons (Fsp3) is 0.481. The van der Waals surface area contributed by atoms with E-state index >= 15 is 0 Å². The van der Waals surface area contributed by atoms with Crippen molar-refractivity contribution in [3.63, 3.8) is 0 Å². The highest BCUT2D eigenvalue weighted by atomic mass is 35.5. The number of nitrogens with one attached hydrogen (secondary N) is 2. The molecule has 1 aromatic carbocycles. The van der Waals surface area contributed by atoms with Gasteiger partial charge in [-0.15, -0.1) is 0 Å². The van der Waals surface area contributed by atoms with Crippen LogP contribution in [0.4, 0.5) is 27.2 Å². The molecule has 3 amide bonds. The number of carbonyl (C=O) groups is 2. The molecular formula is C27H29ClF4N6O3. The van der Waals surface area contributed by atoms with Crippen LogP contribution in [-0.2, 0) is 17.9 Å². The maximum Gasteiger partial charge on any atom is 0.408 e. The van der Waals surface area contributed by atoms with E-state index in [4.69, 9.17) is 16.3 Å². The minimum Gasteiger partial charge on any atom is -0.445 e. The summed E-state index contributed by atoms with van der Waals surface area (Å²) in [7, 11) is 0. The van der Waals surface area contributed by atoms with Crippen molar-refractivity contribution in [2.75, 3.05) is 6.54 Å². The van der Waals surface area contributed by atoms with Gasteiger partial charge in [0, 0.05) is 31.9 Å². The summed E-state index contributed by atoms with van der Waals surface area (Å²) in [4.78, 5) is 30.8. The minimum absolute atomic E-state index is 0.0305. The number of fused-ring (bicyclic) bond motifs is 1. The van der Waals surface area contributed by atoms with E-state index in [9.17, 15) is 27.2 Å². The smallest absolute Gasteiger partial charge is 0.408 e. The van der Waals surface area contributed by atoms with Gasteiger partial charge in [0.1, 0.15) is 12.6 Å². The van der Waals surface area contributed by atoms with E-state index in [1.54, 1.807) is 12.3 Å². The number of ether oxygens (including phenoxy) is 1. The van der Waals surface area contributed by atoms with Crippen LogP contribution < -0.4 is 10.6 Å². The normalized spacial score (nSPS) is 20.2. The topological polar surface area (TPSA) is 101 Å². The van der Waals surface area contributed by atoms with Crippen molar-refractivity contribution in [2.45, 2.75) is 69.7 Å². The summed E-state index contributed by atoms with van der Waals surface area (Å²) in [5, 5.41) is 9.39. The first-order valence-corrected chi connectivity index (χ1v) is 13.6. The van der Waals surface area contributed by atoms with Gasteiger partial charge in [-0.05, 0) is 30.4 Å². The Morgan fingerprint density at radius 1 is 1.27 bits per heavy atom. The molecule has 14 heteroatoms. The van der Waals surface area contributed by atoms with Gasteiger partial charge in [-0.2, -0.15) is 5.10 Å². The molecule has 2 atom stereocenters. The average molecular weight is 597 g/mol. The van der Waals surface area contributed by atoms with Crippen LogP contribution in [0.2, 0.25) is 5.15 Å². The number of alkyl carbamates (subject to hydrolysis) is 1. The van der Waals surface area contributed by atoms with E-state index in [-0.39, 0.29) is 56.5 Å². The molecule has 2 N–H and O–H groups in total. The Morgan fingerprint density at radius 2 is 1.98 bits per heavy atom. The number of urea groups is 1. The lowest BCUT2D eigenvalue weighted by molar-refractivity contribution is -0.0497. The van der Waals surface area contributed by atoms with Crippen LogP contribution >= 0.6 is 11.6 Å². The van der Waals surface area contributed by atoms with E-state index in [1.165, 1.54) is 9.42 Å². The number of nitrogens with zero attached hydrogens (tertiary/aromatic N) is 4. The first-order valence-electron chi connectivity index (χ1n) is 13.2. The van der Waals surface area contributed by atoms with Crippen molar-refractivity contribution in [2.24, 2.45) is 5.92 Å². The predicted octanol–water partition coefficient (Wildman–Crippen LogP) is 5.72. The molecule has 9 nitrogen and oxygen atoms in total. The Hall–Kier alpha value is -3.61. The average Bonchev–Trinajstić information content (AvgIpc) is 3.50. The molecule has 1 aliphatic heterocycles. The maximum atomic E-state index is 13.9. The third-order valence-corrected chi connectivity index (χ3v) is 7.81. The summed E-state index contributed by atoms with van der Waals surface area (Å²) in [6, 6.07) is 7.94. The van der Waals surface area contributed by atoms with E-state index in [2.05, 4.69) is 20.7 Å². The SMILES string of the molecule is CC(F)(F)[C@@H]1CN(Cc2cc3nc(C(NC(=O)OCc4ccccc4)C4CCC(F)(F)CC4)cn3nc2Cl)C(=O)N1. The van der Waals surface area contributed by atoms with Gasteiger partial charge >= 0.3 is 12.1 Å². The predicted molar refractivity (Wildman–Crippen MR) is 141 cm³/mol. The molecule has 220 valence electrons. The van der Waals surface area contributed by atoms with Crippen LogP contribution in [-0.4, -0.2) is 56.1 Å². The minimum atomic E-state index is -3.10. The number of rotatable bonds is 8. The summed E-state index contributed by atoms with van der Waals surface area (Å²) in [5.41, 5.74) is 1.87. The van der Waals surface area contributed by atoms with Crippen LogP contribution in [0.5, 0.6) is 0 Å². The lowest BCUT2D eigenvalue weighted by Gasteiger charge is -2.33. The Kier molecular flexibility index (Phi) is 8.00. The number of amides is 3. The zero-order valence-corrected chi connectivity index (χ0v) is 22.9. The summed E-state index contributed by atoms with van der Waals surface area (Å²) in [5.74, 6) is -6.19. The van der Waals surface area contributed by atoms with E-state index < -0.39 is 36.1 Å². The highest BCUT2D eigenvalue weighted by molar-refractivity contribution is 6.30. The molecule has 0 bridgehead atoms. The second kappa shape index (κ2) is 11.3. The third kappa shape index (κ3) is 6.83. The molecule has 2 fully saturated rings. The molecule has 0 radical (unpaired) electrons. The van der Waals surface area contributed by atoms with Crippen LogP contribution in [0.25, 0.3) is 5.65 Å². The molecule has 1 saturated carbocycles. The molecule has 1 saturated heterocycles. The quantitative estimate of drug-likeness (QED) is 0.324. The van der Waals surface area contributed by atoms with Gasteiger partial charge in [0.05, 0.1) is 24.5 Å². The fourth-order valence-corrected chi connectivity index (χ4v) is 5.35. The summed E-state index contributed by atoms with van der Waals surface area (Å²) in [6.07, 6.45) is 0.533. The Balaban J connectivity index is 1.36. The van der Waals surface area contributed by atoms with Crippen molar-refractivity contribution < 1.29 is 31.9 Å². The van der Waals surface area contributed by atoms with E-state index in [1.807, 2.05) is 30.3 Å². The number of alkyl halides is 4. The molecule has 1 unspecified atom stereocenters.